The Morgan fingerprint density at radius 3 is 2.09 bits per heavy atom. The van der Waals surface area contributed by atoms with E-state index in [-0.39, 0.29) is 0 Å². The van der Waals surface area contributed by atoms with Crippen LogP contribution in [0.4, 0.5) is 5.69 Å². The quantitative estimate of drug-likeness (QED) is 0.726. The summed E-state index contributed by atoms with van der Waals surface area (Å²) in [4.78, 5) is 4.50. The van der Waals surface area contributed by atoms with Gasteiger partial charge in [-0.25, -0.2) is 0 Å². The Balaban J connectivity index is 2.22. The van der Waals surface area contributed by atoms with Crippen LogP contribution < -0.4 is 5.73 Å². The Kier molecular flexibility index (Phi) is 3.68. The number of nitrogens with zero attached hydrogens (tertiary/aromatic N) is 1. The molecule has 3 aromatic rings. The summed E-state index contributed by atoms with van der Waals surface area (Å²) in [5.41, 5.74) is 14.7. The van der Waals surface area contributed by atoms with Crippen molar-refractivity contribution >= 4 is 5.69 Å². The molecular weight excluding hydrogens is 268 g/mol. The number of benzene rings is 2. The van der Waals surface area contributed by atoms with Crippen LogP contribution in [0.5, 0.6) is 0 Å². The van der Waals surface area contributed by atoms with Crippen molar-refractivity contribution in [1.29, 1.82) is 0 Å². The first kappa shape index (κ1) is 14.3. The summed E-state index contributed by atoms with van der Waals surface area (Å²) < 4.78 is 0. The fraction of sp³-hybridized carbons (Fsp3) is 0.150. The fourth-order valence-electron chi connectivity index (χ4n) is 2.82. The highest BCUT2D eigenvalue weighted by atomic mass is 14.7. The van der Waals surface area contributed by atoms with E-state index in [1.54, 1.807) is 6.20 Å². The van der Waals surface area contributed by atoms with Gasteiger partial charge in [0.15, 0.2) is 0 Å². The number of hydrogen-bond donors (Lipinski definition) is 1. The number of pyridine rings is 1. The van der Waals surface area contributed by atoms with Crippen molar-refractivity contribution in [1.82, 2.24) is 4.98 Å². The van der Waals surface area contributed by atoms with Crippen molar-refractivity contribution in [2.45, 2.75) is 20.8 Å². The summed E-state index contributed by atoms with van der Waals surface area (Å²) in [5, 5.41) is 0. The average molecular weight is 288 g/mol. The van der Waals surface area contributed by atoms with Gasteiger partial charge < -0.3 is 5.73 Å². The van der Waals surface area contributed by atoms with Gasteiger partial charge in [0.1, 0.15) is 0 Å². The van der Waals surface area contributed by atoms with Crippen LogP contribution >= 0.6 is 0 Å². The van der Waals surface area contributed by atoms with Crippen molar-refractivity contribution in [3.8, 4) is 22.4 Å². The number of nitrogen functional groups attached to an aromatic ring is 1. The maximum Gasteiger partial charge on any atom is 0.0709 e. The SMILES string of the molecule is Cc1cc(C)cc(-c2ccc(C)cc2-c2ccc(N)cn2)c1. The van der Waals surface area contributed by atoms with Gasteiger partial charge in [-0.3, -0.25) is 4.98 Å². The van der Waals surface area contributed by atoms with Crippen molar-refractivity contribution in [3.63, 3.8) is 0 Å². The second-order valence-electron chi connectivity index (χ2n) is 5.90. The first-order chi connectivity index (χ1) is 10.5. The van der Waals surface area contributed by atoms with Crippen LogP contribution in [-0.4, -0.2) is 4.98 Å². The Morgan fingerprint density at radius 2 is 1.45 bits per heavy atom. The number of aromatic nitrogens is 1. The zero-order chi connectivity index (χ0) is 15.7. The van der Waals surface area contributed by atoms with E-state index in [0.29, 0.717) is 5.69 Å². The molecule has 0 unspecified atom stereocenters. The molecule has 3 rings (SSSR count). The van der Waals surface area contributed by atoms with Crippen LogP contribution in [0.2, 0.25) is 0 Å². The standard InChI is InChI=1S/C20H20N2/c1-13-4-6-18(16-9-14(2)8-15(3)10-16)19(11-13)20-7-5-17(21)12-22-20/h4-12H,21H2,1-3H3. The fourth-order valence-corrected chi connectivity index (χ4v) is 2.82. The number of nitrogens with two attached hydrogens (primary N) is 1. The zero-order valence-corrected chi connectivity index (χ0v) is 13.2. The molecule has 1 aromatic heterocycles. The average Bonchev–Trinajstić information content (AvgIpc) is 2.47. The van der Waals surface area contributed by atoms with Gasteiger partial charge in [-0.2, -0.15) is 0 Å². The molecule has 2 nitrogen and oxygen atoms in total. The lowest BCUT2D eigenvalue weighted by Crippen LogP contribution is -1.92. The lowest BCUT2D eigenvalue weighted by molar-refractivity contribution is 1.32. The number of anilines is 1. The van der Waals surface area contributed by atoms with Gasteiger partial charge in [-0.05, 0) is 50.1 Å². The molecule has 0 radical (unpaired) electrons. The van der Waals surface area contributed by atoms with Crippen molar-refractivity contribution in [2.24, 2.45) is 0 Å². The highest BCUT2D eigenvalue weighted by Crippen LogP contribution is 2.33. The third-order valence-electron chi connectivity index (χ3n) is 3.77. The Morgan fingerprint density at radius 1 is 0.727 bits per heavy atom. The molecule has 1 heterocycles. The van der Waals surface area contributed by atoms with Crippen LogP contribution in [0.1, 0.15) is 16.7 Å². The Labute approximate surface area is 131 Å². The van der Waals surface area contributed by atoms with E-state index >= 15 is 0 Å². The maximum atomic E-state index is 5.76. The molecular formula is C20H20N2. The van der Waals surface area contributed by atoms with E-state index in [4.69, 9.17) is 5.73 Å². The number of rotatable bonds is 2. The van der Waals surface area contributed by atoms with Crippen LogP contribution in [-0.2, 0) is 0 Å². The van der Waals surface area contributed by atoms with E-state index in [1.165, 1.54) is 27.8 Å². The summed E-state index contributed by atoms with van der Waals surface area (Å²) >= 11 is 0. The minimum atomic E-state index is 0.685. The monoisotopic (exact) mass is 288 g/mol. The summed E-state index contributed by atoms with van der Waals surface area (Å²) in [6, 6.07) is 17.0. The molecule has 2 N–H and O–H groups in total. The molecule has 0 fully saturated rings. The van der Waals surface area contributed by atoms with Crippen LogP contribution in [0.15, 0.2) is 54.7 Å². The minimum Gasteiger partial charge on any atom is -0.397 e. The second kappa shape index (κ2) is 5.64. The van der Waals surface area contributed by atoms with Crippen molar-refractivity contribution in [3.05, 3.63) is 71.4 Å². The predicted molar refractivity (Wildman–Crippen MR) is 93.7 cm³/mol. The molecule has 2 aromatic carbocycles. The van der Waals surface area contributed by atoms with Crippen LogP contribution in [0, 0.1) is 20.8 Å². The van der Waals surface area contributed by atoms with Crippen molar-refractivity contribution in [2.75, 3.05) is 5.73 Å². The smallest absolute Gasteiger partial charge is 0.0709 e. The first-order valence-corrected chi connectivity index (χ1v) is 7.44. The molecule has 0 aliphatic heterocycles. The molecule has 0 amide bonds. The summed E-state index contributed by atoms with van der Waals surface area (Å²) in [5.74, 6) is 0. The van der Waals surface area contributed by atoms with Gasteiger partial charge >= 0.3 is 0 Å². The highest BCUT2D eigenvalue weighted by molar-refractivity contribution is 5.83. The molecule has 22 heavy (non-hydrogen) atoms. The Bertz CT molecular complexity index is 797. The van der Waals surface area contributed by atoms with Gasteiger partial charge in [0.25, 0.3) is 0 Å². The number of aryl methyl sites for hydroxylation is 3. The van der Waals surface area contributed by atoms with E-state index in [0.717, 1.165) is 11.3 Å². The predicted octanol–water partition coefficient (Wildman–Crippen LogP) is 4.92. The first-order valence-electron chi connectivity index (χ1n) is 7.44. The van der Waals surface area contributed by atoms with Gasteiger partial charge in [-0.15, -0.1) is 0 Å². The molecule has 110 valence electrons. The third-order valence-corrected chi connectivity index (χ3v) is 3.77. The van der Waals surface area contributed by atoms with Gasteiger partial charge in [-0.1, -0.05) is 47.0 Å². The summed E-state index contributed by atoms with van der Waals surface area (Å²) in [7, 11) is 0. The van der Waals surface area contributed by atoms with Crippen LogP contribution in [0.3, 0.4) is 0 Å². The minimum absolute atomic E-state index is 0.685. The molecule has 0 bridgehead atoms. The molecule has 0 aliphatic rings. The molecule has 0 atom stereocenters. The van der Waals surface area contributed by atoms with Crippen molar-refractivity contribution < 1.29 is 0 Å². The Hall–Kier alpha value is -2.61. The van der Waals surface area contributed by atoms with E-state index in [1.807, 2.05) is 12.1 Å². The van der Waals surface area contributed by atoms with E-state index < -0.39 is 0 Å². The maximum absolute atomic E-state index is 5.76. The summed E-state index contributed by atoms with van der Waals surface area (Å²) in [6.07, 6.45) is 1.71. The zero-order valence-electron chi connectivity index (χ0n) is 13.2. The third kappa shape index (κ3) is 2.86. The van der Waals surface area contributed by atoms with Gasteiger partial charge in [0, 0.05) is 5.56 Å². The second-order valence-corrected chi connectivity index (χ2v) is 5.90. The number of hydrogen-bond acceptors (Lipinski definition) is 2. The van der Waals surface area contributed by atoms with Gasteiger partial charge in [0.05, 0.1) is 17.6 Å². The molecule has 0 saturated carbocycles. The molecule has 0 aliphatic carbocycles. The topological polar surface area (TPSA) is 38.9 Å². The van der Waals surface area contributed by atoms with E-state index in [2.05, 4.69) is 62.2 Å². The van der Waals surface area contributed by atoms with E-state index in [9.17, 15) is 0 Å². The van der Waals surface area contributed by atoms with Gasteiger partial charge in [0.2, 0.25) is 0 Å². The van der Waals surface area contributed by atoms with Crippen LogP contribution in [0.25, 0.3) is 22.4 Å². The molecule has 0 saturated heterocycles. The highest BCUT2D eigenvalue weighted by Gasteiger charge is 2.10. The normalized spacial score (nSPS) is 10.7. The largest absolute Gasteiger partial charge is 0.397 e. The molecule has 0 spiro atoms. The summed E-state index contributed by atoms with van der Waals surface area (Å²) in [6.45, 7) is 6.36. The lowest BCUT2D eigenvalue weighted by atomic mass is 9.93. The lowest BCUT2D eigenvalue weighted by Gasteiger charge is -2.12. The molecule has 2 heteroatoms.